The van der Waals surface area contributed by atoms with Gasteiger partial charge in [-0.3, -0.25) is 4.90 Å². The van der Waals surface area contributed by atoms with E-state index in [0.29, 0.717) is 70.6 Å². The molecule has 0 aliphatic carbocycles. The maximum atomic E-state index is 11.9. The van der Waals surface area contributed by atoms with E-state index in [-0.39, 0.29) is 18.2 Å². The largest absolute Gasteiger partial charge is 0.489 e. The summed E-state index contributed by atoms with van der Waals surface area (Å²) in [5, 5.41) is 15.7. The van der Waals surface area contributed by atoms with Gasteiger partial charge in [0.15, 0.2) is 5.65 Å². The lowest BCUT2D eigenvalue weighted by Crippen LogP contribution is -2.61. The summed E-state index contributed by atoms with van der Waals surface area (Å²) in [5.41, 5.74) is 9.21. The molecule has 0 bridgehead atoms. The Kier molecular flexibility index (Phi) is 6.07. The van der Waals surface area contributed by atoms with Crippen molar-refractivity contribution in [3.8, 4) is 11.8 Å². The third kappa shape index (κ3) is 4.06. The Morgan fingerprint density at radius 1 is 1.31 bits per heavy atom. The molecule has 1 fully saturated rings. The highest BCUT2D eigenvalue weighted by atomic mass is 35.5. The predicted molar refractivity (Wildman–Crippen MR) is 135 cm³/mol. The SMILES string of the molecule is Cc1nn(C(C)c2cc(Cl)c(C#N)c3c2OC(C)CN(C2CN(S(C)(=O)=O)C2)C3)c2ncnc(N)c12. The summed E-state index contributed by atoms with van der Waals surface area (Å²) in [6.45, 7) is 7.60. The number of ether oxygens (including phenoxy) is 1. The molecule has 4 heterocycles. The molecule has 2 unspecified atom stereocenters. The maximum absolute atomic E-state index is 11.9. The second-order valence-electron chi connectivity index (χ2n) is 9.50. The van der Waals surface area contributed by atoms with Crippen molar-refractivity contribution in [3.05, 3.63) is 39.8 Å². The van der Waals surface area contributed by atoms with E-state index in [1.807, 2.05) is 20.8 Å². The number of hydrogen-bond acceptors (Lipinski definition) is 9. The number of fused-ring (bicyclic) bond motifs is 2. The Labute approximate surface area is 214 Å². The number of aromatic nitrogens is 4. The quantitative estimate of drug-likeness (QED) is 0.536. The van der Waals surface area contributed by atoms with Gasteiger partial charge in [0.25, 0.3) is 0 Å². The molecule has 2 aliphatic rings. The van der Waals surface area contributed by atoms with E-state index in [4.69, 9.17) is 22.1 Å². The number of nitrogen functional groups attached to an aromatic ring is 1. The molecule has 1 saturated heterocycles. The predicted octanol–water partition coefficient (Wildman–Crippen LogP) is 2.08. The number of halogens is 1. The molecule has 36 heavy (non-hydrogen) atoms. The van der Waals surface area contributed by atoms with Gasteiger partial charge >= 0.3 is 0 Å². The van der Waals surface area contributed by atoms with E-state index < -0.39 is 10.0 Å². The minimum atomic E-state index is -3.24. The van der Waals surface area contributed by atoms with Gasteiger partial charge in [0.2, 0.25) is 10.0 Å². The molecule has 11 nitrogen and oxygen atoms in total. The Hall–Kier alpha value is -2.98. The van der Waals surface area contributed by atoms with E-state index in [0.717, 1.165) is 5.56 Å². The van der Waals surface area contributed by atoms with Gasteiger partial charge in [-0.25, -0.2) is 23.1 Å². The molecule has 0 amide bonds. The van der Waals surface area contributed by atoms with Crippen molar-refractivity contribution in [2.24, 2.45) is 0 Å². The first-order chi connectivity index (χ1) is 17.0. The third-order valence-corrected chi connectivity index (χ3v) is 8.50. The maximum Gasteiger partial charge on any atom is 0.211 e. The van der Waals surface area contributed by atoms with Gasteiger partial charge in [-0.05, 0) is 26.8 Å². The molecule has 2 atom stereocenters. The minimum absolute atomic E-state index is 0.0282. The lowest BCUT2D eigenvalue weighted by Gasteiger charge is -2.43. The first-order valence-corrected chi connectivity index (χ1v) is 13.8. The summed E-state index contributed by atoms with van der Waals surface area (Å²) in [6.07, 6.45) is 2.42. The molecule has 13 heteroatoms. The first kappa shape index (κ1) is 24.7. The summed E-state index contributed by atoms with van der Waals surface area (Å²) < 4.78 is 33.4. The zero-order valence-electron chi connectivity index (χ0n) is 20.4. The van der Waals surface area contributed by atoms with Crippen LogP contribution in [0.1, 0.15) is 42.3 Å². The molecular formula is C23H27ClN8O3S. The molecule has 5 rings (SSSR count). The first-order valence-electron chi connectivity index (χ1n) is 11.6. The van der Waals surface area contributed by atoms with Gasteiger partial charge < -0.3 is 10.5 Å². The fraction of sp³-hybridized carbons (Fsp3) is 0.478. The van der Waals surface area contributed by atoms with Crippen LogP contribution < -0.4 is 10.5 Å². The fourth-order valence-electron chi connectivity index (χ4n) is 5.03. The van der Waals surface area contributed by atoms with Crippen LogP contribution in [0.3, 0.4) is 0 Å². The van der Waals surface area contributed by atoms with E-state index in [1.165, 1.54) is 16.9 Å². The van der Waals surface area contributed by atoms with Crippen LogP contribution in [-0.4, -0.2) is 75.4 Å². The topological polar surface area (TPSA) is 143 Å². The number of rotatable bonds is 4. The van der Waals surface area contributed by atoms with E-state index >= 15 is 0 Å². The number of aryl methyl sites for hydroxylation is 1. The normalized spacial score (nSPS) is 20.3. The molecule has 2 N–H and O–H groups in total. The van der Waals surface area contributed by atoms with E-state index in [2.05, 4.69) is 26.0 Å². The Balaban J connectivity index is 1.58. The zero-order chi connectivity index (χ0) is 25.9. The molecule has 0 saturated carbocycles. The van der Waals surface area contributed by atoms with Crippen LogP contribution in [0, 0.1) is 18.3 Å². The number of nitriles is 1. The molecular weight excluding hydrogens is 504 g/mol. The van der Waals surface area contributed by atoms with Crippen molar-refractivity contribution < 1.29 is 13.2 Å². The molecule has 1 aromatic carbocycles. The standard InChI is InChI=1S/C23H27ClN8O3S/c1-12-7-30(15-8-31(9-15)36(4,33)34)10-18-17(6-25)19(24)5-16(21(18)35-12)14(3)32-23-20(13(2)29-32)22(26)27-11-28-23/h5,11-12,14-15H,7-10H2,1-4H3,(H2,26,27,28). The van der Waals surface area contributed by atoms with Gasteiger partial charge in [0.05, 0.1) is 34.0 Å². The second kappa shape index (κ2) is 8.85. The van der Waals surface area contributed by atoms with Crippen LogP contribution in [0.5, 0.6) is 5.75 Å². The van der Waals surface area contributed by atoms with Gasteiger partial charge in [-0.1, -0.05) is 11.6 Å². The number of nitrogens with two attached hydrogens (primary N) is 1. The van der Waals surface area contributed by atoms with Crippen LogP contribution >= 0.6 is 11.6 Å². The van der Waals surface area contributed by atoms with Crippen LogP contribution in [0.4, 0.5) is 5.82 Å². The average Bonchev–Trinajstić information content (AvgIpc) is 3.00. The van der Waals surface area contributed by atoms with E-state index in [1.54, 1.807) is 10.7 Å². The number of sulfonamides is 1. The molecule has 190 valence electrons. The van der Waals surface area contributed by atoms with Gasteiger partial charge in [0, 0.05) is 43.3 Å². The van der Waals surface area contributed by atoms with Crippen molar-refractivity contribution in [3.63, 3.8) is 0 Å². The molecule has 2 aromatic heterocycles. The van der Waals surface area contributed by atoms with Crippen molar-refractivity contribution in [2.75, 3.05) is 31.6 Å². The summed E-state index contributed by atoms with van der Waals surface area (Å²) in [6, 6.07) is 3.69. The fourth-order valence-corrected chi connectivity index (χ4v) is 6.19. The summed E-state index contributed by atoms with van der Waals surface area (Å²) in [7, 11) is -3.24. The summed E-state index contributed by atoms with van der Waals surface area (Å²) >= 11 is 6.64. The third-order valence-electron chi connectivity index (χ3n) is 6.97. The number of anilines is 1. The number of nitrogens with zero attached hydrogens (tertiary/aromatic N) is 7. The van der Waals surface area contributed by atoms with Crippen LogP contribution in [-0.2, 0) is 16.6 Å². The highest BCUT2D eigenvalue weighted by molar-refractivity contribution is 7.88. The Morgan fingerprint density at radius 2 is 2.03 bits per heavy atom. The average molecular weight is 531 g/mol. The number of benzene rings is 1. The summed E-state index contributed by atoms with van der Waals surface area (Å²) in [4.78, 5) is 10.7. The van der Waals surface area contributed by atoms with Gasteiger partial charge in [-0.2, -0.15) is 14.7 Å². The molecule has 0 spiro atoms. The van der Waals surface area contributed by atoms with Crippen molar-refractivity contribution in [1.29, 1.82) is 5.26 Å². The summed E-state index contributed by atoms with van der Waals surface area (Å²) in [5.74, 6) is 0.956. The van der Waals surface area contributed by atoms with Crippen molar-refractivity contribution >= 4 is 38.5 Å². The van der Waals surface area contributed by atoms with Crippen molar-refractivity contribution in [1.82, 2.24) is 29.0 Å². The highest BCUT2D eigenvalue weighted by Crippen LogP contribution is 2.41. The lowest BCUT2D eigenvalue weighted by molar-refractivity contribution is 0.0589. The lowest BCUT2D eigenvalue weighted by atomic mass is 9.97. The van der Waals surface area contributed by atoms with Gasteiger partial charge in [0.1, 0.15) is 30.1 Å². The van der Waals surface area contributed by atoms with Crippen LogP contribution in [0.2, 0.25) is 5.02 Å². The Bertz CT molecular complexity index is 1510. The van der Waals surface area contributed by atoms with Crippen LogP contribution in [0.25, 0.3) is 11.0 Å². The van der Waals surface area contributed by atoms with Crippen molar-refractivity contribution in [2.45, 2.75) is 45.5 Å². The zero-order valence-corrected chi connectivity index (χ0v) is 22.0. The number of hydrogen-bond donors (Lipinski definition) is 1. The van der Waals surface area contributed by atoms with Gasteiger partial charge in [-0.15, -0.1) is 0 Å². The van der Waals surface area contributed by atoms with E-state index in [9.17, 15) is 13.7 Å². The smallest absolute Gasteiger partial charge is 0.211 e. The second-order valence-corrected chi connectivity index (χ2v) is 11.9. The molecule has 3 aromatic rings. The minimum Gasteiger partial charge on any atom is -0.489 e. The molecule has 2 aliphatic heterocycles. The highest BCUT2D eigenvalue weighted by Gasteiger charge is 2.40. The van der Waals surface area contributed by atoms with Crippen LogP contribution in [0.15, 0.2) is 12.4 Å². The Morgan fingerprint density at radius 3 is 2.69 bits per heavy atom. The molecule has 0 radical (unpaired) electrons. The monoisotopic (exact) mass is 530 g/mol.